The van der Waals surface area contributed by atoms with Gasteiger partial charge < -0.3 is 5.32 Å². The normalized spacial score (nSPS) is 14.6. The van der Waals surface area contributed by atoms with Gasteiger partial charge in [-0.2, -0.15) is 5.10 Å². The monoisotopic (exact) mass is 326 g/mol. The van der Waals surface area contributed by atoms with Crippen LogP contribution in [0.5, 0.6) is 0 Å². The molecular formula is C19H26N4O. The SMILES string of the molecule is CC(NC(=O)CCN(C)Cc1n[nH]c2c1CCC2)c1ccccc1. The summed E-state index contributed by atoms with van der Waals surface area (Å²) in [4.78, 5) is 14.3. The molecule has 0 saturated carbocycles. The van der Waals surface area contributed by atoms with Gasteiger partial charge in [0.05, 0.1) is 11.7 Å². The fraction of sp³-hybridized carbons (Fsp3) is 0.474. The highest BCUT2D eigenvalue weighted by atomic mass is 16.1. The van der Waals surface area contributed by atoms with E-state index in [2.05, 4.69) is 20.4 Å². The predicted octanol–water partition coefficient (Wildman–Crippen LogP) is 2.60. The number of rotatable bonds is 7. The van der Waals surface area contributed by atoms with Crippen molar-refractivity contribution in [1.82, 2.24) is 20.4 Å². The summed E-state index contributed by atoms with van der Waals surface area (Å²) < 4.78 is 0. The van der Waals surface area contributed by atoms with Gasteiger partial charge in [0, 0.05) is 25.2 Å². The first kappa shape index (κ1) is 16.7. The van der Waals surface area contributed by atoms with E-state index in [0.717, 1.165) is 37.2 Å². The quantitative estimate of drug-likeness (QED) is 0.822. The van der Waals surface area contributed by atoms with E-state index >= 15 is 0 Å². The number of fused-ring (bicyclic) bond motifs is 1. The van der Waals surface area contributed by atoms with Crippen molar-refractivity contribution in [2.75, 3.05) is 13.6 Å². The van der Waals surface area contributed by atoms with E-state index in [4.69, 9.17) is 0 Å². The van der Waals surface area contributed by atoms with Crippen LogP contribution in [0.15, 0.2) is 30.3 Å². The lowest BCUT2D eigenvalue weighted by Crippen LogP contribution is -2.30. The van der Waals surface area contributed by atoms with Crippen molar-refractivity contribution in [2.24, 2.45) is 0 Å². The van der Waals surface area contributed by atoms with E-state index in [1.54, 1.807) is 0 Å². The summed E-state index contributed by atoms with van der Waals surface area (Å²) in [6.07, 6.45) is 3.97. The first-order chi connectivity index (χ1) is 11.6. The van der Waals surface area contributed by atoms with Crippen LogP contribution in [0.25, 0.3) is 0 Å². The number of hydrogen-bond donors (Lipinski definition) is 2. The Bertz CT molecular complexity index is 680. The number of hydrogen-bond acceptors (Lipinski definition) is 3. The molecule has 0 bridgehead atoms. The topological polar surface area (TPSA) is 61.0 Å². The third kappa shape index (κ3) is 4.03. The van der Waals surface area contributed by atoms with Crippen LogP contribution in [0.1, 0.15) is 48.3 Å². The molecule has 1 unspecified atom stereocenters. The van der Waals surface area contributed by atoms with Gasteiger partial charge in [0.15, 0.2) is 0 Å². The summed E-state index contributed by atoms with van der Waals surface area (Å²) in [6.45, 7) is 3.55. The maximum Gasteiger partial charge on any atom is 0.221 e. The number of carbonyl (C=O) groups excluding carboxylic acids is 1. The van der Waals surface area contributed by atoms with Crippen molar-refractivity contribution in [2.45, 2.75) is 45.2 Å². The van der Waals surface area contributed by atoms with Gasteiger partial charge in [0.25, 0.3) is 0 Å². The van der Waals surface area contributed by atoms with Crippen LogP contribution in [-0.2, 0) is 24.2 Å². The minimum atomic E-state index is 0.0404. The van der Waals surface area contributed by atoms with Gasteiger partial charge in [0.2, 0.25) is 5.91 Å². The van der Waals surface area contributed by atoms with Gasteiger partial charge in [-0.25, -0.2) is 0 Å². The second-order valence-electron chi connectivity index (χ2n) is 6.67. The predicted molar refractivity (Wildman–Crippen MR) is 94.6 cm³/mol. The summed E-state index contributed by atoms with van der Waals surface area (Å²) in [5, 5.41) is 10.6. The number of aromatic nitrogens is 2. The smallest absolute Gasteiger partial charge is 0.221 e. The highest BCUT2D eigenvalue weighted by Crippen LogP contribution is 2.23. The summed E-state index contributed by atoms with van der Waals surface area (Å²) in [5.41, 5.74) is 4.96. The minimum absolute atomic E-state index is 0.0404. The van der Waals surface area contributed by atoms with Crippen molar-refractivity contribution < 1.29 is 4.79 Å². The third-order valence-corrected chi connectivity index (χ3v) is 4.71. The van der Waals surface area contributed by atoms with E-state index in [1.807, 2.05) is 44.3 Å². The van der Waals surface area contributed by atoms with Crippen molar-refractivity contribution >= 4 is 5.91 Å². The van der Waals surface area contributed by atoms with Crippen molar-refractivity contribution in [3.63, 3.8) is 0 Å². The van der Waals surface area contributed by atoms with E-state index in [-0.39, 0.29) is 11.9 Å². The highest BCUT2D eigenvalue weighted by molar-refractivity contribution is 5.76. The molecule has 2 N–H and O–H groups in total. The lowest BCUT2D eigenvalue weighted by molar-refractivity contribution is -0.122. The molecule has 0 aliphatic heterocycles. The number of carbonyl (C=O) groups is 1. The number of nitrogens with one attached hydrogen (secondary N) is 2. The van der Waals surface area contributed by atoms with E-state index in [0.29, 0.717) is 6.42 Å². The van der Waals surface area contributed by atoms with Crippen LogP contribution in [0.4, 0.5) is 0 Å². The summed E-state index contributed by atoms with van der Waals surface area (Å²) >= 11 is 0. The third-order valence-electron chi connectivity index (χ3n) is 4.71. The number of H-pyrrole nitrogens is 1. The van der Waals surface area contributed by atoms with Crippen LogP contribution < -0.4 is 5.32 Å². The Kier molecular flexibility index (Phi) is 5.30. The standard InChI is InChI=1S/C19H26N4O/c1-14(15-7-4-3-5-8-15)20-19(24)11-12-23(2)13-18-16-9-6-10-17(16)21-22-18/h3-5,7-8,14H,6,9-13H2,1-2H3,(H,20,24)(H,21,22). The van der Waals surface area contributed by atoms with Crippen molar-refractivity contribution in [1.29, 1.82) is 0 Å². The molecule has 3 rings (SSSR count). The fourth-order valence-corrected chi connectivity index (χ4v) is 3.28. The van der Waals surface area contributed by atoms with Gasteiger partial charge in [-0.05, 0) is 44.4 Å². The average molecular weight is 326 g/mol. The van der Waals surface area contributed by atoms with Gasteiger partial charge >= 0.3 is 0 Å². The first-order valence-corrected chi connectivity index (χ1v) is 8.71. The molecule has 1 amide bonds. The second-order valence-corrected chi connectivity index (χ2v) is 6.67. The van der Waals surface area contributed by atoms with Crippen LogP contribution in [0, 0.1) is 0 Å². The maximum atomic E-state index is 12.2. The lowest BCUT2D eigenvalue weighted by atomic mass is 10.1. The van der Waals surface area contributed by atoms with Gasteiger partial charge in [-0.15, -0.1) is 0 Å². The Hall–Kier alpha value is -2.14. The molecule has 0 spiro atoms. The lowest BCUT2D eigenvalue weighted by Gasteiger charge is -2.18. The zero-order valence-electron chi connectivity index (χ0n) is 14.5. The molecule has 1 aliphatic carbocycles. The number of amides is 1. The molecule has 1 aromatic heterocycles. The Morgan fingerprint density at radius 1 is 1.33 bits per heavy atom. The Morgan fingerprint density at radius 3 is 2.92 bits per heavy atom. The van der Waals surface area contributed by atoms with Crippen LogP contribution in [0.3, 0.4) is 0 Å². The highest BCUT2D eigenvalue weighted by Gasteiger charge is 2.19. The summed E-state index contributed by atoms with van der Waals surface area (Å²) in [7, 11) is 2.05. The maximum absolute atomic E-state index is 12.2. The zero-order valence-corrected chi connectivity index (χ0v) is 14.5. The van der Waals surface area contributed by atoms with Crippen LogP contribution >= 0.6 is 0 Å². The second kappa shape index (κ2) is 7.62. The van der Waals surface area contributed by atoms with Gasteiger partial charge in [0.1, 0.15) is 0 Å². The fourth-order valence-electron chi connectivity index (χ4n) is 3.28. The molecule has 1 heterocycles. The zero-order chi connectivity index (χ0) is 16.9. The van der Waals surface area contributed by atoms with Crippen LogP contribution in [0.2, 0.25) is 0 Å². The molecule has 1 aromatic carbocycles. The number of benzene rings is 1. The minimum Gasteiger partial charge on any atom is -0.350 e. The average Bonchev–Trinajstić information content (AvgIpc) is 3.19. The van der Waals surface area contributed by atoms with Gasteiger partial charge in [-0.1, -0.05) is 30.3 Å². The Morgan fingerprint density at radius 2 is 2.12 bits per heavy atom. The number of aromatic amines is 1. The molecule has 2 aromatic rings. The largest absolute Gasteiger partial charge is 0.350 e. The molecular weight excluding hydrogens is 300 g/mol. The molecule has 128 valence electrons. The number of aryl methyl sites for hydroxylation is 1. The summed E-state index contributed by atoms with van der Waals surface area (Å²) in [5.74, 6) is 0.0884. The molecule has 0 fully saturated rings. The molecule has 1 atom stereocenters. The van der Waals surface area contributed by atoms with Crippen LogP contribution in [-0.4, -0.2) is 34.6 Å². The van der Waals surface area contributed by atoms with Gasteiger partial charge in [-0.3, -0.25) is 14.8 Å². The van der Waals surface area contributed by atoms with E-state index in [9.17, 15) is 4.79 Å². The molecule has 5 heteroatoms. The molecule has 24 heavy (non-hydrogen) atoms. The van der Waals surface area contributed by atoms with E-state index < -0.39 is 0 Å². The Labute approximate surface area is 143 Å². The number of nitrogens with zero attached hydrogens (tertiary/aromatic N) is 2. The molecule has 0 saturated heterocycles. The summed E-state index contributed by atoms with van der Waals surface area (Å²) in [6, 6.07) is 10.1. The molecule has 5 nitrogen and oxygen atoms in total. The first-order valence-electron chi connectivity index (χ1n) is 8.71. The molecule has 0 radical (unpaired) electrons. The Balaban J connectivity index is 1.44. The van der Waals surface area contributed by atoms with E-state index in [1.165, 1.54) is 17.7 Å². The molecule has 1 aliphatic rings. The van der Waals surface area contributed by atoms with Crippen molar-refractivity contribution in [3.05, 3.63) is 52.8 Å². The van der Waals surface area contributed by atoms with Crippen molar-refractivity contribution in [3.8, 4) is 0 Å².